The molecule has 0 amide bonds. The second-order valence-corrected chi connectivity index (χ2v) is 5.92. The van der Waals surface area contributed by atoms with Crippen LogP contribution < -0.4 is 5.32 Å². The second kappa shape index (κ2) is 5.25. The van der Waals surface area contributed by atoms with Gasteiger partial charge in [0.1, 0.15) is 0 Å². The molecule has 5 heteroatoms. The maximum absolute atomic E-state index is 5.63. The summed E-state index contributed by atoms with van der Waals surface area (Å²) in [6.07, 6.45) is 5.52. The van der Waals surface area contributed by atoms with Crippen LogP contribution in [0.1, 0.15) is 45.4 Å². The number of aromatic nitrogens is 2. The van der Waals surface area contributed by atoms with E-state index in [9.17, 15) is 0 Å². The van der Waals surface area contributed by atoms with Crippen LogP contribution in [-0.4, -0.2) is 22.1 Å². The fourth-order valence-electron chi connectivity index (χ4n) is 2.49. The molecule has 0 bridgehead atoms. The quantitative estimate of drug-likeness (QED) is 0.842. The molecule has 1 heterocycles. The fourth-order valence-corrected chi connectivity index (χ4v) is 2.65. The van der Waals surface area contributed by atoms with E-state index < -0.39 is 0 Å². The summed E-state index contributed by atoms with van der Waals surface area (Å²) in [5.41, 5.74) is 0.412. The first-order chi connectivity index (χ1) is 8.09. The maximum atomic E-state index is 5.63. The highest BCUT2D eigenvalue weighted by molar-refractivity contribution is 6.17. The van der Waals surface area contributed by atoms with Crippen molar-refractivity contribution < 1.29 is 4.42 Å². The monoisotopic (exact) mass is 257 g/mol. The van der Waals surface area contributed by atoms with E-state index in [1.165, 1.54) is 19.3 Å². The minimum Gasteiger partial charge on any atom is -0.408 e. The molecule has 2 rings (SSSR count). The molecule has 1 aliphatic carbocycles. The molecule has 1 saturated carbocycles. The van der Waals surface area contributed by atoms with Gasteiger partial charge in [-0.2, -0.15) is 0 Å². The third-order valence-corrected chi connectivity index (χ3v) is 3.50. The Bertz CT molecular complexity index is 364. The summed E-state index contributed by atoms with van der Waals surface area (Å²) in [4.78, 5) is 0. The predicted octanol–water partition coefficient (Wildman–Crippen LogP) is 3.23. The molecule has 0 radical (unpaired) electrons. The molecule has 0 aromatic carbocycles. The van der Waals surface area contributed by atoms with Gasteiger partial charge >= 0.3 is 6.01 Å². The zero-order valence-corrected chi connectivity index (χ0v) is 11.3. The summed E-state index contributed by atoms with van der Waals surface area (Å²) in [7, 11) is 0. The lowest BCUT2D eigenvalue weighted by atomic mass is 9.75. The number of nitrogens with one attached hydrogen (secondary N) is 1. The molecule has 1 aromatic rings. The number of aryl methyl sites for hydroxylation is 1. The van der Waals surface area contributed by atoms with E-state index in [-0.39, 0.29) is 0 Å². The lowest BCUT2D eigenvalue weighted by molar-refractivity contribution is 0.227. The van der Waals surface area contributed by atoms with Gasteiger partial charge in [0, 0.05) is 18.3 Å². The van der Waals surface area contributed by atoms with Crippen LogP contribution >= 0.6 is 11.6 Å². The van der Waals surface area contributed by atoms with Gasteiger partial charge in [-0.3, -0.25) is 0 Å². The van der Waals surface area contributed by atoms with E-state index in [1.54, 1.807) is 0 Å². The molecule has 0 saturated heterocycles. The van der Waals surface area contributed by atoms with E-state index in [4.69, 9.17) is 16.0 Å². The van der Waals surface area contributed by atoms with Crippen molar-refractivity contribution in [1.82, 2.24) is 10.2 Å². The summed E-state index contributed by atoms with van der Waals surface area (Å²) in [6.45, 7) is 4.63. The number of alkyl halides is 1. The first-order valence-electron chi connectivity index (χ1n) is 6.24. The van der Waals surface area contributed by atoms with E-state index in [2.05, 4.69) is 29.4 Å². The van der Waals surface area contributed by atoms with Crippen LogP contribution in [0, 0.1) is 5.41 Å². The summed E-state index contributed by atoms with van der Waals surface area (Å²) >= 11 is 5.63. The van der Waals surface area contributed by atoms with Gasteiger partial charge in [-0.1, -0.05) is 25.4 Å². The molecule has 1 unspecified atom stereocenters. The Morgan fingerprint density at radius 3 is 3.00 bits per heavy atom. The van der Waals surface area contributed by atoms with Gasteiger partial charge in [0.25, 0.3) is 0 Å². The van der Waals surface area contributed by atoms with E-state index >= 15 is 0 Å². The number of nitrogens with zero attached hydrogens (tertiary/aromatic N) is 2. The second-order valence-electron chi connectivity index (χ2n) is 5.54. The Balaban J connectivity index is 1.91. The standard InChI is InChI=1S/C12H20ClN3O/c1-12(2)6-3-4-9(8-12)14-11-16-15-10(17-11)5-7-13/h9H,3-8H2,1-2H3,(H,14,16). The SMILES string of the molecule is CC1(C)CCCC(Nc2nnc(CCCl)o2)C1. The van der Waals surface area contributed by atoms with Crippen LogP contribution in [-0.2, 0) is 6.42 Å². The first-order valence-corrected chi connectivity index (χ1v) is 6.77. The van der Waals surface area contributed by atoms with Crippen molar-refractivity contribution in [2.45, 2.75) is 52.0 Å². The molecular formula is C12H20ClN3O. The van der Waals surface area contributed by atoms with Crippen molar-refractivity contribution in [3.8, 4) is 0 Å². The summed E-state index contributed by atoms with van der Waals surface area (Å²) < 4.78 is 5.48. The molecule has 1 N–H and O–H groups in total. The van der Waals surface area contributed by atoms with Crippen molar-refractivity contribution in [2.24, 2.45) is 5.41 Å². The molecule has 1 aliphatic rings. The Morgan fingerprint density at radius 1 is 1.47 bits per heavy atom. The largest absolute Gasteiger partial charge is 0.408 e. The number of rotatable bonds is 4. The highest BCUT2D eigenvalue weighted by atomic mass is 35.5. The van der Waals surface area contributed by atoms with Crippen molar-refractivity contribution in [2.75, 3.05) is 11.2 Å². The first kappa shape index (κ1) is 12.7. The van der Waals surface area contributed by atoms with Gasteiger partial charge in [-0.05, 0) is 24.7 Å². The molecule has 17 heavy (non-hydrogen) atoms. The third kappa shape index (κ3) is 3.60. The molecule has 4 nitrogen and oxygen atoms in total. The van der Waals surface area contributed by atoms with E-state index in [0.29, 0.717) is 35.7 Å². The number of halogens is 1. The maximum Gasteiger partial charge on any atom is 0.315 e. The normalized spacial score (nSPS) is 23.6. The third-order valence-electron chi connectivity index (χ3n) is 3.31. The van der Waals surface area contributed by atoms with Crippen molar-refractivity contribution in [3.05, 3.63) is 5.89 Å². The van der Waals surface area contributed by atoms with Crippen molar-refractivity contribution in [1.29, 1.82) is 0 Å². The highest BCUT2D eigenvalue weighted by Gasteiger charge is 2.28. The zero-order valence-electron chi connectivity index (χ0n) is 10.5. The van der Waals surface area contributed by atoms with Gasteiger partial charge < -0.3 is 9.73 Å². The molecule has 0 aliphatic heterocycles. The molecule has 0 spiro atoms. The van der Waals surface area contributed by atoms with Crippen LogP contribution in [0.4, 0.5) is 6.01 Å². The summed E-state index contributed by atoms with van der Waals surface area (Å²) in [5, 5.41) is 11.3. The van der Waals surface area contributed by atoms with Crippen LogP contribution in [0.3, 0.4) is 0 Å². The lowest BCUT2D eigenvalue weighted by Gasteiger charge is -2.35. The lowest BCUT2D eigenvalue weighted by Crippen LogP contribution is -2.31. The Hall–Kier alpha value is -0.770. The zero-order chi connectivity index (χ0) is 12.3. The smallest absolute Gasteiger partial charge is 0.315 e. The average Bonchev–Trinajstić information content (AvgIpc) is 2.64. The topological polar surface area (TPSA) is 51.0 Å². The van der Waals surface area contributed by atoms with Crippen LogP contribution in [0.2, 0.25) is 0 Å². The van der Waals surface area contributed by atoms with Gasteiger partial charge in [-0.15, -0.1) is 16.7 Å². The molecule has 1 aromatic heterocycles. The van der Waals surface area contributed by atoms with Crippen LogP contribution in [0.5, 0.6) is 0 Å². The average molecular weight is 258 g/mol. The molecular weight excluding hydrogens is 238 g/mol. The predicted molar refractivity (Wildman–Crippen MR) is 68.4 cm³/mol. The minimum absolute atomic E-state index is 0.412. The fraction of sp³-hybridized carbons (Fsp3) is 0.833. The van der Waals surface area contributed by atoms with E-state index in [1.807, 2.05) is 0 Å². The molecule has 96 valence electrons. The van der Waals surface area contributed by atoms with Gasteiger partial charge in [0.05, 0.1) is 0 Å². The molecule has 1 atom stereocenters. The summed E-state index contributed by atoms with van der Waals surface area (Å²) in [6, 6.07) is 0.982. The van der Waals surface area contributed by atoms with Gasteiger partial charge in [0.15, 0.2) is 0 Å². The van der Waals surface area contributed by atoms with Crippen molar-refractivity contribution >= 4 is 17.6 Å². The van der Waals surface area contributed by atoms with Gasteiger partial charge in [0.2, 0.25) is 5.89 Å². The Kier molecular flexibility index (Phi) is 3.92. The molecule has 1 fully saturated rings. The summed E-state index contributed by atoms with van der Waals surface area (Å²) in [5.74, 6) is 1.12. The number of anilines is 1. The Morgan fingerprint density at radius 2 is 2.29 bits per heavy atom. The Labute approximate surface area is 107 Å². The number of hydrogen-bond acceptors (Lipinski definition) is 4. The van der Waals surface area contributed by atoms with Crippen molar-refractivity contribution in [3.63, 3.8) is 0 Å². The van der Waals surface area contributed by atoms with Crippen LogP contribution in [0.15, 0.2) is 4.42 Å². The number of hydrogen-bond donors (Lipinski definition) is 1. The van der Waals surface area contributed by atoms with E-state index in [0.717, 1.165) is 6.42 Å². The van der Waals surface area contributed by atoms with Gasteiger partial charge in [-0.25, -0.2) is 0 Å². The van der Waals surface area contributed by atoms with Crippen LogP contribution in [0.25, 0.3) is 0 Å². The minimum atomic E-state index is 0.412. The highest BCUT2D eigenvalue weighted by Crippen LogP contribution is 2.36.